The van der Waals surface area contributed by atoms with E-state index in [1.165, 1.54) is 0 Å². The Labute approximate surface area is 101 Å². The molecule has 0 aliphatic rings. The quantitative estimate of drug-likeness (QED) is 0.853. The van der Waals surface area contributed by atoms with E-state index in [-0.39, 0.29) is 0 Å². The number of hydrogen-bond donors (Lipinski definition) is 1. The lowest BCUT2D eigenvalue weighted by Gasteiger charge is -2.10. The molecule has 0 atom stereocenters. The number of para-hydroxylation sites is 1. The van der Waals surface area contributed by atoms with Crippen LogP contribution in [0.1, 0.15) is 12.5 Å². The van der Waals surface area contributed by atoms with Crippen molar-refractivity contribution in [3.63, 3.8) is 0 Å². The Morgan fingerprint density at radius 3 is 2.71 bits per heavy atom. The smallest absolute Gasteiger partial charge is 0.132 e. The molecule has 1 aromatic heterocycles. The highest BCUT2D eigenvalue weighted by Crippen LogP contribution is 2.15. The average molecular weight is 228 g/mol. The minimum absolute atomic E-state index is 0.528. The highest BCUT2D eigenvalue weighted by molar-refractivity contribution is 5.43. The number of benzene rings is 1. The lowest BCUT2D eigenvalue weighted by Crippen LogP contribution is -2.05. The van der Waals surface area contributed by atoms with Crippen molar-refractivity contribution in [1.29, 1.82) is 0 Å². The van der Waals surface area contributed by atoms with Crippen molar-refractivity contribution in [1.82, 2.24) is 4.98 Å². The number of hydrogen-bond acceptors (Lipinski definition) is 3. The van der Waals surface area contributed by atoms with Gasteiger partial charge in [0.2, 0.25) is 0 Å². The van der Waals surface area contributed by atoms with Crippen molar-refractivity contribution in [3.05, 3.63) is 54.2 Å². The van der Waals surface area contributed by atoms with Gasteiger partial charge in [0, 0.05) is 18.3 Å². The summed E-state index contributed by atoms with van der Waals surface area (Å²) in [6, 6.07) is 13.7. The van der Waals surface area contributed by atoms with Gasteiger partial charge in [-0.05, 0) is 25.1 Å². The first-order chi connectivity index (χ1) is 8.40. The third kappa shape index (κ3) is 3.21. The molecule has 0 saturated heterocycles. The molecule has 1 N–H and O–H groups in total. The van der Waals surface area contributed by atoms with Crippen molar-refractivity contribution >= 4 is 5.82 Å². The minimum atomic E-state index is 0.528. The zero-order chi connectivity index (χ0) is 11.9. The first-order valence-electron chi connectivity index (χ1n) is 5.75. The largest absolute Gasteiger partial charge is 0.489 e. The monoisotopic (exact) mass is 228 g/mol. The third-order valence-electron chi connectivity index (χ3n) is 2.37. The van der Waals surface area contributed by atoms with Crippen LogP contribution in [-0.2, 0) is 6.61 Å². The fourth-order valence-electron chi connectivity index (χ4n) is 1.56. The van der Waals surface area contributed by atoms with Crippen LogP contribution in [0.25, 0.3) is 0 Å². The number of aromatic nitrogens is 1. The van der Waals surface area contributed by atoms with Gasteiger partial charge in [-0.3, -0.25) is 0 Å². The van der Waals surface area contributed by atoms with E-state index in [0.29, 0.717) is 6.61 Å². The molecule has 3 heteroatoms. The molecule has 1 aromatic carbocycles. The summed E-state index contributed by atoms with van der Waals surface area (Å²) in [5, 5.41) is 3.22. The second-order valence-corrected chi connectivity index (χ2v) is 3.64. The van der Waals surface area contributed by atoms with Gasteiger partial charge in [0.05, 0.1) is 0 Å². The van der Waals surface area contributed by atoms with Gasteiger partial charge in [0.1, 0.15) is 18.2 Å². The normalized spacial score (nSPS) is 9.94. The molecule has 0 unspecified atom stereocenters. The van der Waals surface area contributed by atoms with E-state index in [1.54, 1.807) is 6.20 Å². The van der Waals surface area contributed by atoms with Crippen LogP contribution >= 0.6 is 0 Å². The average Bonchev–Trinajstić information content (AvgIpc) is 2.39. The van der Waals surface area contributed by atoms with Gasteiger partial charge >= 0.3 is 0 Å². The van der Waals surface area contributed by atoms with E-state index >= 15 is 0 Å². The number of rotatable bonds is 5. The first kappa shape index (κ1) is 11.5. The first-order valence-corrected chi connectivity index (χ1v) is 5.75. The maximum Gasteiger partial charge on any atom is 0.132 e. The minimum Gasteiger partial charge on any atom is -0.489 e. The van der Waals surface area contributed by atoms with Crippen molar-refractivity contribution in [2.75, 3.05) is 11.9 Å². The molecule has 0 fully saturated rings. The summed E-state index contributed by atoms with van der Waals surface area (Å²) in [4.78, 5) is 4.29. The maximum atomic E-state index is 5.70. The van der Waals surface area contributed by atoms with E-state index < -0.39 is 0 Å². The standard InChI is InChI=1S/C14H16N2O/c1-2-15-14-12(7-6-10-16-14)11-17-13-8-4-3-5-9-13/h3-10H,2,11H2,1H3,(H,15,16). The number of nitrogens with one attached hydrogen (secondary N) is 1. The second kappa shape index (κ2) is 5.89. The number of anilines is 1. The Bertz CT molecular complexity index is 457. The van der Waals surface area contributed by atoms with Crippen molar-refractivity contribution in [2.24, 2.45) is 0 Å². The molecule has 88 valence electrons. The Kier molecular flexibility index (Phi) is 3.97. The lowest BCUT2D eigenvalue weighted by molar-refractivity contribution is 0.306. The predicted molar refractivity (Wildman–Crippen MR) is 69.2 cm³/mol. The molecule has 2 rings (SSSR count). The van der Waals surface area contributed by atoms with E-state index in [0.717, 1.165) is 23.7 Å². The highest BCUT2D eigenvalue weighted by atomic mass is 16.5. The van der Waals surface area contributed by atoms with Gasteiger partial charge in [0.15, 0.2) is 0 Å². The van der Waals surface area contributed by atoms with Crippen LogP contribution in [0.2, 0.25) is 0 Å². The van der Waals surface area contributed by atoms with E-state index in [1.807, 2.05) is 42.5 Å². The van der Waals surface area contributed by atoms with Gasteiger partial charge in [0.25, 0.3) is 0 Å². The van der Waals surface area contributed by atoms with Gasteiger partial charge in [-0.2, -0.15) is 0 Å². The molecule has 3 nitrogen and oxygen atoms in total. The Morgan fingerprint density at radius 1 is 1.12 bits per heavy atom. The lowest BCUT2D eigenvalue weighted by atomic mass is 10.2. The van der Waals surface area contributed by atoms with Crippen LogP contribution in [0.15, 0.2) is 48.7 Å². The fourth-order valence-corrected chi connectivity index (χ4v) is 1.56. The maximum absolute atomic E-state index is 5.70. The summed E-state index contributed by atoms with van der Waals surface area (Å²) >= 11 is 0. The molecule has 2 aromatic rings. The molecule has 0 spiro atoms. The van der Waals surface area contributed by atoms with Gasteiger partial charge < -0.3 is 10.1 Å². The van der Waals surface area contributed by atoms with Crippen molar-refractivity contribution < 1.29 is 4.74 Å². The molecular formula is C14H16N2O. The molecule has 17 heavy (non-hydrogen) atoms. The molecule has 0 amide bonds. The van der Waals surface area contributed by atoms with Crippen molar-refractivity contribution in [2.45, 2.75) is 13.5 Å². The number of nitrogens with zero attached hydrogens (tertiary/aromatic N) is 1. The van der Waals surface area contributed by atoms with Crippen LogP contribution in [-0.4, -0.2) is 11.5 Å². The highest BCUT2D eigenvalue weighted by Gasteiger charge is 2.02. The zero-order valence-electron chi connectivity index (χ0n) is 9.89. The summed E-state index contributed by atoms with van der Waals surface area (Å²) in [6.45, 7) is 3.44. The molecule has 0 radical (unpaired) electrons. The summed E-state index contributed by atoms with van der Waals surface area (Å²) < 4.78 is 5.70. The van der Waals surface area contributed by atoms with E-state index in [4.69, 9.17) is 4.74 Å². The van der Waals surface area contributed by atoms with Crippen molar-refractivity contribution in [3.8, 4) is 5.75 Å². The van der Waals surface area contributed by atoms with Gasteiger partial charge in [-0.15, -0.1) is 0 Å². The zero-order valence-corrected chi connectivity index (χ0v) is 9.89. The molecule has 1 heterocycles. The Hall–Kier alpha value is -2.03. The summed E-state index contributed by atoms with van der Waals surface area (Å²) in [7, 11) is 0. The summed E-state index contributed by atoms with van der Waals surface area (Å²) in [5.41, 5.74) is 1.07. The van der Waals surface area contributed by atoms with Crippen LogP contribution in [0, 0.1) is 0 Å². The molecular weight excluding hydrogens is 212 g/mol. The van der Waals surface area contributed by atoms with E-state index in [9.17, 15) is 0 Å². The Balaban J connectivity index is 2.03. The number of pyridine rings is 1. The second-order valence-electron chi connectivity index (χ2n) is 3.64. The number of ether oxygens (including phenoxy) is 1. The van der Waals surface area contributed by atoms with E-state index in [2.05, 4.69) is 17.2 Å². The Morgan fingerprint density at radius 2 is 1.94 bits per heavy atom. The third-order valence-corrected chi connectivity index (χ3v) is 2.37. The van der Waals surface area contributed by atoms with Crippen LogP contribution in [0.4, 0.5) is 5.82 Å². The van der Waals surface area contributed by atoms with Gasteiger partial charge in [-0.1, -0.05) is 24.3 Å². The van der Waals surface area contributed by atoms with Crippen LogP contribution < -0.4 is 10.1 Å². The topological polar surface area (TPSA) is 34.2 Å². The molecule has 0 bridgehead atoms. The molecule has 0 aliphatic carbocycles. The fraction of sp³-hybridized carbons (Fsp3) is 0.214. The van der Waals surface area contributed by atoms with Gasteiger partial charge in [-0.25, -0.2) is 4.98 Å². The molecule has 0 aliphatic heterocycles. The molecule has 0 saturated carbocycles. The summed E-state index contributed by atoms with van der Waals surface area (Å²) in [5.74, 6) is 1.77. The summed E-state index contributed by atoms with van der Waals surface area (Å²) in [6.07, 6.45) is 1.78. The SMILES string of the molecule is CCNc1ncccc1COc1ccccc1. The van der Waals surface area contributed by atoms with Crippen LogP contribution in [0.3, 0.4) is 0 Å². The van der Waals surface area contributed by atoms with Crippen LogP contribution in [0.5, 0.6) is 5.75 Å². The predicted octanol–water partition coefficient (Wildman–Crippen LogP) is 3.09.